The Hall–Kier alpha value is -2.14. The molecule has 0 saturated carbocycles. The molecule has 2 rings (SSSR count). The van der Waals surface area contributed by atoms with Gasteiger partial charge in [0.05, 0.1) is 5.56 Å². The number of rotatable bonds is 2. The van der Waals surface area contributed by atoms with Crippen molar-refractivity contribution in [3.8, 4) is 0 Å². The fourth-order valence-electron chi connectivity index (χ4n) is 1.36. The molecule has 3 N–H and O–H groups in total. The number of amidine groups is 1. The summed E-state index contributed by atoms with van der Waals surface area (Å²) >= 11 is 5.76. The number of nitrogens with zero attached hydrogens (tertiary/aromatic N) is 1. The lowest BCUT2D eigenvalue weighted by Gasteiger charge is -1.94. The second kappa shape index (κ2) is 5.01. The third-order valence-corrected chi connectivity index (χ3v) is 2.52. The van der Waals surface area contributed by atoms with Gasteiger partial charge in [-0.2, -0.15) is 0 Å². The number of carbonyl (C=O) groups excluding carboxylic acids is 1. The van der Waals surface area contributed by atoms with Crippen LogP contribution in [0.25, 0.3) is 0 Å². The minimum absolute atomic E-state index is 0.185. The topological polar surface area (TPSA) is 83.1 Å². The van der Waals surface area contributed by atoms with E-state index in [9.17, 15) is 4.79 Å². The molecule has 0 spiro atoms. The van der Waals surface area contributed by atoms with Crippen LogP contribution in [0.1, 0.15) is 21.8 Å². The Morgan fingerprint density at radius 1 is 1.39 bits per heavy atom. The first-order valence-electron chi connectivity index (χ1n) is 5.19. The summed E-state index contributed by atoms with van der Waals surface area (Å²) in [5.41, 5.74) is 6.63. The van der Waals surface area contributed by atoms with Crippen molar-refractivity contribution >= 4 is 23.3 Å². The molecule has 0 unspecified atom stereocenters. The second-order valence-corrected chi connectivity index (χ2v) is 4.13. The van der Waals surface area contributed by atoms with Gasteiger partial charge < -0.3 is 4.52 Å². The van der Waals surface area contributed by atoms with Gasteiger partial charge in [0.25, 0.3) is 5.84 Å². The highest BCUT2D eigenvalue weighted by molar-refractivity contribution is 6.30. The van der Waals surface area contributed by atoms with Gasteiger partial charge in [-0.3, -0.25) is 5.73 Å². The van der Waals surface area contributed by atoms with Crippen LogP contribution in [0, 0.1) is 6.92 Å². The SMILES string of the molecule is Cc1cc(C(=O)[NH+]=C(N)c2ccc(Cl)cc2)no1. The van der Waals surface area contributed by atoms with Gasteiger partial charge in [-0.25, -0.2) is 9.79 Å². The van der Waals surface area contributed by atoms with E-state index in [4.69, 9.17) is 21.9 Å². The average Bonchev–Trinajstić information content (AvgIpc) is 2.76. The van der Waals surface area contributed by atoms with Crippen molar-refractivity contribution in [2.24, 2.45) is 5.73 Å². The summed E-state index contributed by atoms with van der Waals surface area (Å²) in [6.07, 6.45) is 0. The number of nitrogen functional groups attached to an aromatic ring is 1. The molecular formula is C12H11ClN3O2+. The first kappa shape index (κ1) is 12.3. The molecule has 5 nitrogen and oxygen atoms in total. The van der Waals surface area contributed by atoms with Gasteiger partial charge in [-0.1, -0.05) is 16.8 Å². The molecule has 1 amide bonds. The van der Waals surface area contributed by atoms with Crippen molar-refractivity contribution in [3.63, 3.8) is 0 Å². The Balaban J connectivity index is 2.22. The Morgan fingerprint density at radius 3 is 2.61 bits per heavy atom. The highest BCUT2D eigenvalue weighted by Gasteiger charge is 2.14. The maximum absolute atomic E-state index is 11.7. The molecule has 92 valence electrons. The molecule has 6 heteroatoms. The molecule has 1 heterocycles. The zero-order chi connectivity index (χ0) is 13.1. The van der Waals surface area contributed by atoms with Crippen LogP contribution >= 0.6 is 11.6 Å². The Labute approximate surface area is 108 Å². The highest BCUT2D eigenvalue weighted by atomic mass is 35.5. The van der Waals surface area contributed by atoms with Gasteiger partial charge in [-0.15, -0.1) is 0 Å². The van der Waals surface area contributed by atoms with Crippen molar-refractivity contribution < 1.29 is 14.3 Å². The number of carbonyl (C=O) groups is 1. The molecular weight excluding hydrogens is 254 g/mol. The fourth-order valence-corrected chi connectivity index (χ4v) is 1.49. The van der Waals surface area contributed by atoms with Gasteiger partial charge in [0, 0.05) is 11.1 Å². The van der Waals surface area contributed by atoms with Crippen LogP contribution in [0.2, 0.25) is 5.02 Å². The first-order valence-corrected chi connectivity index (χ1v) is 5.57. The van der Waals surface area contributed by atoms with E-state index in [2.05, 4.69) is 10.1 Å². The molecule has 1 aromatic heterocycles. The van der Waals surface area contributed by atoms with Gasteiger partial charge in [0.2, 0.25) is 0 Å². The van der Waals surface area contributed by atoms with E-state index in [1.165, 1.54) is 6.07 Å². The molecule has 0 atom stereocenters. The van der Waals surface area contributed by atoms with E-state index in [1.54, 1.807) is 31.2 Å². The fraction of sp³-hybridized carbons (Fsp3) is 0.0833. The third-order valence-electron chi connectivity index (χ3n) is 2.26. The van der Waals surface area contributed by atoms with Crippen LogP contribution < -0.4 is 10.7 Å². The second-order valence-electron chi connectivity index (χ2n) is 3.70. The van der Waals surface area contributed by atoms with E-state index >= 15 is 0 Å². The van der Waals surface area contributed by atoms with Crippen molar-refractivity contribution in [2.75, 3.05) is 0 Å². The standard InChI is InChI=1S/C12H10ClN3O2/c1-7-6-10(16-18-7)12(17)15-11(14)8-2-4-9(13)5-3-8/h2-6H,1H3,(H2,14,15,17)/p+1. The summed E-state index contributed by atoms with van der Waals surface area (Å²) in [5, 5.41) is 4.20. The number of benzene rings is 1. The normalized spacial score (nSPS) is 11.6. The van der Waals surface area contributed by atoms with Crippen LogP contribution in [0.5, 0.6) is 0 Å². The number of hydrogen-bond donors (Lipinski definition) is 2. The summed E-state index contributed by atoms with van der Waals surface area (Å²) in [4.78, 5) is 14.3. The predicted octanol–water partition coefficient (Wildman–Crippen LogP) is 0.263. The Morgan fingerprint density at radius 2 is 2.06 bits per heavy atom. The van der Waals surface area contributed by atoms with Gasteiger partial charge >= 0.3 is 5.91 Å². The summed E-state index contributed by atoms with van der Waals surface area (Å²) in [6, 6.07) is 8.34. The summed E-state index contributed by atoms with van der Waals surface area (Å²) in [6.45, 7) is 1.70. The lowest BCUT2D eigenvalue weighted by molar-refractivity contribution is -0.346. The number of aryl methyl sites for hydroxylation is 1. The molecule has 0 saturated heterocycles. The summed E-state index contributed by atoms with van der Waals surface area (Å²) < 4.78 is 4.81. The lowest BCUT2D eigenvalue weighted by Crippen LogP contribution is -2.79. The highest BCUT2D eigenvalue weighted by Crippen LogP contribution is 2.08. The Kier molecular flexibility index (Phi) is 3.43. The maximum atomic E-state index is 11.7. The van der Waals surface area contributed by atoms with E-state index < -0.39 is 5.91 Å². The molecule has 0 aliphatic heterocycles. The van der Waals surface area contributed by atoms with Gasteiger partial charge in [0.15, 0.2) is 5.69 Å². The zero-order valence-electron chi connectivity index (χ0n) is 9.61. The number of aromatic nitrogens is 1. The van der Waals surface area contributed by atoms with Gasteiger partial charge in [-0.05, 0) is 31.2 Å². The minimum atomic E-state index is -0.417. The van der Waals surface area contributed by atoms with E-state index in [1.807, 2.05) is 0 Å². The van der Waals surface area contributed by atoms with Crippen molar-refractivity contribution in [2.45, 2.75) is 6.92 Å². The van der Waals surface area contributed by atoms with Crippen LogP contribution in [-0.2, 0) is 0 Å². The quantitative estimate of drug-likeness (QED) is 0.602. The number of nitrogens with two attached hydrogens (primary N) is 1. The molecule has 0 aliphatic rings. The largest absolute Gasteiger partial charge is 0.361 e. The average molecular weight is 265 g/mol. The Bertz CT molecular complexity index is 602. The smallest absolute Gasteiger partial charge is 0.361 e. The lowest BCUT2D eigenvalue weighted by atomic mass is 10.2. The molecule has 2 aromatic rings. The minimum Gasteiger partial charge on any atom is -0.361 e. The number of nitrogens with one attached hydrogen (secondary N) is 1. The van der Waals surface area contributed by atoms with Crippen LogP contribution in [0.15, 0.2) is 34.9 Å². The molecule has 18 heavy (non-hydrogen) atoms. The number of amides is 1. The maximum Gasteiger partial charge on any atom is 0.361 e. The molecule has 0 aliphatic carbocycles. The van der Waals surface area contributed by atoms with Crippen molar-refractivity contribution in [1.29, 1.82) is 0 Å². The predicted molar refractivity (Wildman–Crippen MR) is 66.3 cm³/mol. The van der Waals surface area contributed by atoms with Crippen LogP contribution in [0.3, 0.4) is 0 Å². The van der Waals surface area contributed by atoms with Crippen molar-refractivity contribution in [3.05, 3.63) is 52.4 Å². The van der Waals surface area contributed by atoms with E-state index in [-0.39, 0.29) is 11.5 Å². The summed E-state index contributed by atoms with van der Waals surface area (Å²) in [7, 11) is 0. The number of halogens is 1. The molecule has 1 aromatic carbocycles. The van der Waals surface area contributed by atoms with Crippen LogP contribution in [-0.4, -0.2) is 16.9 Å². The zero-order valence-corrected chi connectivity index (χ0v) is 10.4. The molecule has 0 bridgehead atoms. The van der Waals surface area contributed by atoms with E-state index in [0.29, 0.717) is 16.3 Å². The first-order chi connectivity index (χ1) is 8.56. The monoisotopic (exact) mass is 264 g/mol. The van der Waals surface area contributed by atoms with Gasteiger partial charge in [0.1, 0.15) is 5.76 Å². The van der Waals surface area contributed by atoms with E-state index in [0.717, 1.165) is 0 Å². The summed E-state index contributed by atoms with van der Waals surface area (Å²) in [5.74, 6) is 0.377. The third kappa shape index (κ3) is 2.75. The number of hydrogen-bond acceptors (Lipinski definition) is 3. The molecule has 0 fully saturated rings. The van der Waals surface area contributed by atoms with Crippen LogP contribution in [0.4, 0.5) is 0 Å². The molecule has 0 radical (unpaired) electrons. The van der Waals surface area contributed by atoms with Crippen molar-refractivity contribution in [1.82, 2.24) is 5.16 Å².